The van der Waals surface area contributed by atoms with Crippen LogP contribution in [0.3, 0.4) is 0 Å². The van der Waals surface area contributed by atoms with Gasteiger partial charge in [0.25, 0.3) is 0 Å². The van der Waals surface area contributed by atoms with E-state index in [1.807, 2.05) is 47.3 Å². The highest BCUT2D eigenvalue weighted by Crippen LogP contribution is 2.31. The number of nitrogens with zero attached hydrogens (tertiary/aromatic N) is 2. The molecule has 0 aliphatic heterocycles. The molecule has 0 spiro atoms. The number of carbonyl (C=O) groups is 1. The SMILES string of the molecule is CC(C)c1ccc(-c2c[n+](CC(=O)c3ccccc3)ccn2)cc1.Fc1c(F)c(F)c([B-](c2c(F)c(F)c(F)c(F)c2F)(c2c(F)c(F)c(F)c(F)c2F)c2c(F)c(F)c(F)c(F)c2F)c(F)c1F. The Morgan fingerprint density at radius 1 is 0.449 bits per heavy atom. The number of ketones is 1. The van der Waals surface area contributed by atoms with Crippen LogP contribution < -0.4 is 26.4 Å². The van der Waals surface area contributed by atoms with E-state index in [9.17, 15) is 57.5 Å². The van der Waals surface area contributed by atoms with E-state index in [0.717, 1.165) is 16.8 Å². The van der Waals surface area contributed by atoms with Crippen molar-refractivity contribution in [1.29, 1.82) is 0 Å². The van der Waals surface area contributed by atoms with Crippen molar-refractivity contribution in [2.75, 3.05) is 0 Å². The van der Waals surface area contributed by atoms with Crippen LogP contribution in [0.1, 0.15) is 35.7 Å². The highest BCUT2D eigenvalue weighted by molar-refractivity contribution is 7.20. The second-order valence-electron chi connectivity index (χ2n) is 15.0. The van der Waals surface area contributed by atoms with Gasteiger partial charge in [-0.25, -0.2) is 92.8 Å². The monoisotopic (exact) mass is 996 g/mol. The molecule has 0 saturated heterocycles. The van der Waals surface area contributed by atoms with Crippen molar-refractivity contribution in [3.63, 3.8) is 0 Å². The minimum Gasteiger partial charge on any atom is -0.287 e. The third-order valence-corrected chi connectivity index (χ3v) is 10.8. The van der Waals surface area contributed by atoms with Crippen LogP contribution in [0.15, 0.2) is 73.2 Å². The lowest BCUT2D eigenvalue weighted by molar-refractivity contribution is -0.683. The van der Waals surface area contributed by atoms with Crippen LogP contribution in [-0.2, 0) is 6.54 Å². The molecule has 0 atom stereocenters. The third kappa shape index (κ3) is 8.53. The summed E-state index contributed by atoms with van der Waals surface area (Å²) < 4.78 is 296. The van der Waals surface area contributed by atoms with Crippen molar-refractivity contribution < 1.29 is 97.2 Å². The maximum Gasteiger partial charge on any atom is 0.227 e. The molecule has 7 rings (SSSR count). The fourth-order valence-corrected chi connectivity index (χ4v) is 7.47. The van der Waals surface area contributed by atoms with Gasteiger partial charge >= 0.3 is 0 Å². The molecular weight excluding hydrogens is 975 g/mol. The van der Waals surface area contributed by atoms with E-state index in [-0.39, 0.29) is 5.78 Å². The van der Waals surface area contributed by atoms with Gasteiger partial charge in [0, 0.05) is 11.1 Å². The first-order valence-electron chi connectivity index (χ1n) is 19.1. The Balaban J connectivity index is 0.000000273. The predicted octanol–water partition coefficient (Wildman–Crippen LogP) is 9.89. The first-order valence-corrected chi connectivity index (χ1v) is 19.1. The maximum atomic E-state index is 15.4. The molecule has 6 aromatic carbocycles. The lowest BCUT2D eigenvalue weighted by Gasteiger charge is -2.44. The van der Waals surface area contributed by atoms with E-state index < -0.39 is 144 Å². The van der Waals surface area contributed by atoms with Crippen LogP contribution >= 0.6 is 0 Å². The Bertz CT molecular complexity index is 2810. The van der Waals surface area contributed by atoms with Gasteiger partial charge in [-0.1, -0.05) is 68.4 Å². The fourth-order valence-electron chi connectivity index (χ4n) is 7.47. The minimum absolute atomic E-state index is 0.0907. The van der Waals surface area contributed by atoms with Crippen molar-refractivity contribution in [1.82, 2.24) is 4.98 Å². The standard InChI is InChI=1S/C24BF20.C21H21N2O/c26-5-1(6(27)14(35)21(42)13(5)34)25(2-7(28)15(36)22(43)16(37)8(2)29,3-9(30)17(38)23(44)18(39)10(3)31)4-11(32)19(40)24(45)20(41)12(4)33;1-16(2)17-8-10-18(11-9-17)20-14-23(13-12-22-20)15-21(24)19-6-4-3-5-7-19/h;3-14,16H,15H2,1-2H3/q-1;+1. The molecule has 0 unspecified atom stereocenters. The van der Waals surface area contributed by atoms with E-state index in [2.05, 4.69) is 43.1 Å². The molecule has 3 nitrogen and oxygen atoms in total. The fraction of sp³-hybridized carbons (Fsp3) is 0.0889. The van der Waals surface area contributed by atoms with Crippen LogP contribution in [0, 0.1) is 116 Å². The summed E-state index contributed by atoms with van der Waals surface area (Å²) in [5.74, 6) is -70.8. The number of benzene rings is 6. The normalized spacial score (nSPS) is 11.6. The van der Waals surface area contributed by atoms with Gasteiger partial charge in [0.1, 0.15) is 58.4 Å². The molecule has 1 heterocycles. The number of carbonyl (C=O) groups excluding carboxylic acids is 1. The third-order valence-electron chi connectivity index (χ3n) is 10.8. The lowest BCUT2D eigenvalue weighted by Crippen LogP contribution is -2.81. The first kappa shape index (κ1) is 51.1. The van der Waals surface area contributed by atoms with Gasteiger partial charge in [-0.2, -0.15) is 4.57 Å². The zero-order chi connectivity index (χ0) is 51.3. The van der Waals surface area contributed by atoms with Crippen LogP contribution in [0.5, 0.6) is 0 Å². The second-order valence-corrected chi connectivity index (χ2v) is 15.0. The smallest absolute Gasteiger partial charge is 0.227 e. The molecule has 0 radical (unpaired) electrons. The summed E-state index contributed by atoms with van der Waals surface area (Å²) in [6.45, 7) is 4.67. The molecule has 0 aliphatic rings. The molecule has 0 fully saturated rings. The number of hydrogen-bond donors (Lipinski definition) is 0. The average molecular weight is 996 g/mol. The van der Waals surface area contributed by atoms with Gasteiger partial charge in [0.05, 0.1) is 6.20 Å². The van der Waals surface area contributed by atoms with Gasteiger partial charge in [0.2, 0.25) is 12.3 Å². The van der Waals surface area contributed by atoms with Crippen LogP contribution in [0.4, 0.5) is 87.8 Å². The van der Waals surface area contributed by atoms with Crippen molar-refractivity contribution in [2.45, 2.75) is 26.3 Å². The number of rotatable bonds is 9. The van der Waals surface area contributed by atoms with E-state index in [0.29, 0.717) is 12.5 Å². The summed E-state index contributed by atoms with van der Waals surface area (Å²) in [6, 6.07) is 17.8. The first-order chi connectivity index (χ1) is 32.3. The molecule has 69 heavy (non-hydrogen) atoms. The zero-order valence-electron chi connectivity index (χ0n) is 34.2. The Morgan fingerprint density at radius 2 is 0.754 bits per heavy atom. The molecule has 0 aliphatic carbocycles. The average Bonchev–Trinajstić information content (AvgIpc) is 3.34. The Morgan fingerprint density at radius 3 is 1.06 bits per heavy atom. The number of halogens is 20. The van der Waals surface area contributed by atoms with Crippen molar-refractivity contribution >= 4 is 33.8 Å². The summed E-state index contributed by atoms with van der Waals surface area (Å²) in [4.78, 5) is 16.8. The van der Waals surface area contributed by atoms with Gasteiger partial charge in [-0.15, -0.1) is 21.9 Å². The molecule has 24 heteroatoms. The minimum atomic E-state index is -7.22. The molecule has 0 amide bonds. The summed E-state index contributed by atoms with van der Waals surface area (Å²) in [6.07, 6.45) is -1.73. The van der Waals surface area contributed by atoms with E-state index >= 15 is 35.1 Å². The number of aromatic nitrogens is 2. The summed E-state index contributed by atoms with van der Waals surface area (Å²) in [5.41, 5.74) is -10.4. The van der Waals surface area contributed by atoms with Crippen molar-refractivity contribution in [2.24, 2.45) is 0 Å². The molecule has 360 valence electrons. The molecule has 7 aromatic rings. The van der Waals surface area contributed by atoms with Crippen molar-refractivity contribution in [3.05, 3.63) is 201 Å². The van der Waals surface area contributed by atoms with Crippen molar-refractivity contribution in [3.8, 4) is 11.3 Å². The maximum absolute atomic E-state index is 15.4. The largest absolute Gasteiger partial charge is 0.287 e. The van der Waals surface area contributed by atoms with Gasteiger partial charge in [0.15, 0.2) is 82.2 Å². The highest BCUT2D eigenvalue weighted by atomic mass is 19.2. The Kier molecular flexibility index (Phi) is 14.4. The van der Waals surface area contributed by atoms with Crippen LogP contribution in [0.2, 0.25) is 0 Å². The molecule has 0 bridgehead atoms. The van der Waals surface area contributed by atoms with Crippen LogP contribution in [-0.4, -0.2) is 16.9 Å². The summed E-state index contributed by atoms with van der Waals surface area (Å²) in [7, 11) is 0. The zero-order valence-corrected chi connectivity index (χ0v) is 34.2. The van der Waals surface area contributed by atoms with Gasteiger partial charge in [-0.3, -0.25) is 4.79 Å². The quantitative estimate of drug-likeness (QED) is 0.0361. The second kappa shape index (κ2) is 19.4. The predicted molar refractivity (Wildman–Crippen MR) is 204 cm³/mol. The summed E-state index contributed by atoms with van der Waals surface area (Å²) in [5, 5.41) is 0. The van der Waals surface area contributed by atoms with Gasteiger partial charge in [-0.05, 0) is 11.5 Å². The molecular formula is C45H21BF20N2O. The Labute approximate surface area is 373 Å². The van der Waals surface area contributed by atoms with E-state index in [4.69, 9.17) is 0 Å². The molecule has 1 aromatic heterocycles. The van der Waals surface area contributed by atoms with Crippen LogP contribution in [0.25, 0.3) is 11.3 Å². The molecule has 0 saturated carbocycles. The number of hydrogen-bond acceptors (Lipinski definition) is 2. The lowest BCUT2D eigenvalue weighted by atomic mass is 9.12. The highest BCUT2D eigenvalue weighted by Gasteiger charge is 2.52. The number of Topliss-reactive ketones (excluding diaryl/α,β-unsaturated/α-hetero) is 1. The molecule has 0 N–H and O–H groups in total. The van der Waals surface area contributed by atoms with E-state index in [1.54, 1.807) is 6.20 Å². The summed E-state index contributed by atoms with van der Waals surface area (Å²) >= 11 is 0. The topological polar surface area (TPSA) is 33.8 Å². The van der Waals surface area contributed by atoms with Gasteiger partial charge < -0.3 is 0 Å². The van der Waals surface area contributed by atoms with E-state index in [1.165, 1.54) is 5.56 Å². The Hall–Kier alpha value is -7.27.